The maximum Gasteiger partial charge on any atom is 0.147 e. The molecule has 0 radical (unpaired) electrons. The molecule has 0 spiro atoms. The third-order valence-corrected chi connectivity index (χ3v) is 9.16. The molecule has 0 saturated carbocycles. The Kier molecular flexibility index (Phi) is 6.25. The van der Waals surface area contributed by atoms with E-state index in [1.807, 2.05) is 24.3 Å². The van der Waals surface area contributed by atoms with Gasteiger partial charge in [0.05, 0.1) is 11.4 Å². The Bertz CT molecular complexity index is 1900. The molecule has 43 heavy (non-hydrogen) atoms. The highest BCUT2D eigenvalue weighted by Gasteiger charge is 2.49. The van der Waals surface area contributed by atoms with E-state index >= 15 is 0 Å². The van der Waals surface area contributed by atoms with Crippen molar-refractivity contribution >= 4 is 40.4 Å². The highest BCUT2D eigenvalue weighted by atomic mass is 19.1. The SMILES string of the molecule is CC1(C)C2=C(c3ccccc31)C(C)(C)c1cc(C=Cc3ccc(N(c4ccccc4F)c4ccccc4F)cc3)ccc12. The van der Waals surface area contributed by atoms with E-state index < -0.39 is 11.6 Å². The summed E-state index contributed by atoms with van der Waals surface area (Å²) in [6.45, 7) is 9.37. The van der Waals surface area contributed by atoms with Crippen LogP contribution in [-0.4, -0.2) is 0 Å². The summed E-state index contributed by atoms with van der Waals surface area (Å²) in [5.74, 6) is -0.830. The molecule has 3 heteroatoms. The van der Waals surface area contributed by atoms with Crippen molar-refractivity contribution in [3.8, 4) is 0 Å². The third-order valence-electron chi connectivity index (χ3n) is 9.16. The maximum absolute atomic E-state index is 14.9. The summed E-state index contributed by atoms with van der Waals surface area (Å²) in [4.78, 5) is 1.62. The first-order valence-corrected chi connectivity index (χ1v) is 14.8. The maximum atomic E-state index is 14.9. The first kappa shape index (κ1) is 27.1. The van der Waals surface area contributed by atoms with E-state index in [4.69, 9.17) is 0 Å². The monoisotopic (exact) mass is 565 g/mol. The summed E-state index contributed by atoms with van der Waals surface area (Å²) < 4.78 is 29.8. The van der Waals surface area contributed by atoms with Crippen LogP contribution in [0.2, 0.25) is 0 Å². The van der Waals surface area contributed by atoms with Crippen LogP contribution in [0.25, 0.3) is 23.3 Å². The fourth-order valence-electron chi connectivity index (χ4n) is 7.08. The molecule has 0 bridgehead atoms. The standard InChI is InChI=1S/C40H33F2N/c1-39(2)31-12-6-5-11-29(31)37-38(39)30-24-21-27(25-32(30)40(37,3)4)18-17-26-19-22-28(23-20-26)43(35-15-9-7-13-33(35)41)36-16-10-8-14-34(36)42/h5-25H,1-4H3. The zero-order chi connectivity index (χ0) is 29.9. The number of allylic oxidation sites excluding steroid dienone is 2. The van der Waals surface area contributed by atoms with Crippen LogP contribution in [0.1, 0.15) is 61.1 Å². The van der Waals surface area contributed by atoms with E-state index in [0.717, 1.165) is 11.1 Å². The molecule has 0 aromatic heterocycles. The summed E-state index contributed by atoms with van der Waals surface area (Å²) in [5, 5.41) is 0. The van der Waals surface area contributed by atoms with E-state index in [-0.39, 0.29) is 10.8 Å². The molecule has 5 aromatic rings. The van der Waals surface area contributed by atoms with E-state index in [2.05, 4.69) is 82.3 Å². The Labute approximate surface area is 252 Å². The number of benzene rings is 5. The van der Waals surface area contributed by atoms with E-state index in [1.54, 1.807) is 41.3 Å². The first-order chi connectivity index (χ1) is 20.7. The Morgan fingerprint density at radius 3 is 1.63 bits per heavy atom. The average molecular weight is 566 g/mol. The van der Waals surface area contributed by atoms with Gasteiger partial charge in [-0.3, -0.25) is 0 Å². The molecular formula is C40H33F2N. The van der Waals surface area contributed by atoms with Crippen molar-refractivity contribution in [2.45, 2.75) is 38.5 Å². The smallest absolute Gasteiger partial charge is 0.147 e. The lowest BCUT2D eigenvalue weighted by molar-refractivity contribution is 0.619. The van der Waals surface area contributed by atoms with Gasteiger partial charge in [0.15, 0.2) is 0 Å². The molecule has 0 unspecified atom stereocenters. The Morgan fingerprint density at radius 2 is 1.00 bits per heavy atom. The molecule has 0 amide bonds. The van der Waals surface area contributed by atoms with Gasteiger partial charge in [0.25, 0.3) is 0 Å². The van der Waals surface area contributed by atoms with E-state index in [9.17, 15) is 8.78 Å². The Morgan fingerprint density at radius 1 is 0.512 bits per heavy atom. The van der Waals surface area contributed by atoms with Crippen LogP contribution in [0, 0.1) is 11.6 Å². The summed E-state index contributed by atoms with van der Waals surface area (Å²) in [6.07, 6.45) is 4.23. The number of hydrogen-bond donors (Lipinski definition) is 0. The second-order valence-corrected chi connectivity index (χ2v) is 12.5. The van der Waals surface area contributed by atoms with Crippen molar-refractivity contribution < 1.29 is 8.78 Å². The van der Waals surface area contributed by atoms with Crippen LogP contribution in [0.4, 0.5) is 25.8 Å². The van der Waals surface area contributed by atoms with Crippen LogP contribution < -0.4 is 4.90 Å². The van der Waals surface area contributed by atoms with Crippen LogP contribution in [-0.2, 0) is 10.8 Å². The summed E-state index contributed by atoms with van der Waals surface area (Å²) in [5.41, 5.74) is 11.7. The largest absolute Gasteiger partial charge is 0.305 e. The molecule has 0 heterocycles. The Hall–Kier alpha value is -4.76. The van der Waals surface area contributed by atoms with Gasteiger partial charge >= 0.3 is 0 Å². The van der Waals surface area contributed by atoms with Gasteiger partial charge in [-0.05, 0) is 80.9 Å². The fourth-order valence-corrected chi connectivity index (χ4v) is 7.08. The van der Waals surface area contributed by atoms with Gasteiger partial charge < -0.3 is 4.90 Å². The van der Waals surface area contributed by atoms with Crippen molar-refractivity contribution in [2.75, 3.05) is 4.90 Å². The van der Waals surface area contributed by atoms with Crippen LogP contribution >= 0.6 is 0 Å². The summed E-state index contributed by atoms with van der Waals surface area (Å²) in [6, 6.07) is 36.3. The number of fused-ring (bicyclic) bond motifs is 4. The minimum atomic E-state index is -0.415. The van der Waals surface area contributed by atoms with Gasteiger partial charge in [0.2, 0.25) is 0 Å². The third kappa shape index (κ3) is 4.26. The second kappa shape index (κ2) is 9.91. The number of halogens is 2. The van der Waals surface area contributed by atoms with Crippen molar-refractivity contribution in [2.24, 2.45) is 0 Å². The van der Waals surface area contributed by atoms with Gasteiger partial charge in [-0.25, -0.2) is 8.78 Å². The lowest BCUT2D eigenvalue weighted by Crippen LogP contribution is -2.19. The lowest BCUT2D eigenvalue weighted by Gasteiger charge is -2.28. The van der Waals surface area contributed by atoms with Crippen molar-refractivity contribution in [1.29, 1.82) is 0 Å². The molecule has 1 nitrogen and oxygen atoms in total. The molecule has 2 aliphatic rings. The van der Waals surface area contributed by atoms with Gasteiger partial charge in [0.1, 0.15) is 11.6 Å². The minimum Gasteiger partial charge on any atom is -0.305 e. The fraction of sp³-hybridized carbons (Fsp3) is 0.150. The van der Waals surface area contributed by atoms with E-state index in [1.165, 1.54) is 45.5 Å². The van der Waals surface area contributed by atoms with Crippen LogP contribution in [0.5, 0.6) is 0 Å². The summed E-state index contributed by atoms with van der Waals surface area (Å²) >= 11 is 0. The lowest BCUT2D eigenvalue weighted by atomic mass is 9.75. The zero-order valence-corrected chi connectivity index (χ0v) is 24.8. The quantitative estimate of drug-likeness (QED) is 0.192. The molecule has 0 aliphatic heterocycles. The molecule has 0 N–H and O–H groups in total. The molecule has 2 aliphatic carbocycles. The number of rotatable bonds is 5. The van der Waals surface area contributed by atoms with Crippen molar-refractivity contribution in [1.82, 2.24) is 0 Å². The van der Waals surface area contributed by atoms with Crippen LogP contribution in [0.3, 0.4) is 0 Å². The predicted octanol–water partition coefficient (Wildman–Crippen LogP) is 11.1. The van der Waals surface area contributed by atoms with Crippen molar-refractivity contribution in [3.63, 3.8) is 0 Å². The number of anilines is 3. The predicted molar refractivity (Wildman–Crippen MR) is 176 cm³/mol. The first-order valence-electron chi connectivity index (χ1n) is 14.8. The highest BCUT2D eigenvalue weighted by Crippen LogP contribution is 2.62. The van der Waals surface area contributed by atoms with Gasteiger partial charge in [-0.1, -0.05) is 119 Å². The summed E-state index contributed by atoms with van der Waals surface area (Å²) in [7, 11) is 0. The molecule has 5 aromatic carbocycles. The Balaban J connectivity index is 1.19. The molecule has 212 valence electrons. The average Bonchev–Trinajstić information content (AvgIpc) is 3.40. The van der Waals surface area contributed by atoms with Crippen LogP contribution in [0.15, 0.2) is 115 Å². The molecule has 0 atom stereocenters. The van der Waals surface area contributed by atoms with E-state index in [0.29, 0.717) is 17.1 Å². The molecule has 7 rings (SSSR count). The molecule has 0 fully saturated rings. The highest BCUT2D eigenvalue weighted by molar-refractivity contribution is 6.09. The topological polar surface area (TPSA) is 3.24 Å². The van der Waals surface area contributed by atoms with Gasteiger partial charge in [-0.15, -0.1) is 0 Å². The number of nitrogens with zero attached hydrogens (tertiary/aromatic N) is 1. The molecular weight excluding hydrogens is 532 g/mol. The normalized spacial score (nSPS) is 15.9. The zero-order valence-electron chi connectivity index (χ0n) is 24.8. The second-order valence-electron chi connectivity index (χ2n) is 12.5. The number of para-hydroxylation sites is 2. The van der Waals surface area contributed by atoms with Crippen molar-refractivity contribution in [3.05, 3.63) is 160 Å². The van der Waals surface area contributed by atoms with Gasteiger partial charge in [-0.2, -0.15) is 0 Å². The van der Waals surface area contributed by atoms with Gasteiger partial charge in [0, 0.05) is 16.5 Å². The number of hydrogen-bond acceptors (Lipinski definition) is 1. The molecule has 0 saturated heterocycles. The minimum absolute atomic E-state index is 0.0350.